The third-order valence-corrected chi connectivity index (χ3v) is 8.65. The maximum absolute atomic E-state index is 12.6. The van der Waals surface area contributed by atoms with Crippen molar-refractivity contribution in [1.29, 1.82) is 0 Å². The standard InChI is InChI=1S/C23H29ClO4/c1-12(25)21-20(28-13(2)26)11-17-15-10-19(24)18-9-14(27)5-7-22(18,3)16(15)6-8-23(17,21)4/h9-10,15-17,20-21H,5-8,11H2,1-4H3/t15-,16+,17+,20-,21?,22-,23+/m1/s1. The number of fused-ring (bicyclic) bond motifs is 5. The van der Waals surface area contributed by atoms with E-state index in [2.05, 4.69) is 19.9 Å². The Morgan fingerprint density at radius 3 is 2.54 bits per heavy atom. The number of ether oxygens (including phenoxy) is 1. The zero-order chi connectivity index (χ0) is 20.4. The molecule has 0 radical (unpaired) electrons. The third kappa shape index (κ3) is 2.74. The van der Waals surface area contributed by atoms with Crippen molar-refractivity contribution in [3.63, 3.8) is 0 Å². The molecule has 4 aliphatic rings. The first-order valence-electron chi connectivity index (χ1n) is 10.4. The Bertz CT molecular complexity index is 811. The van der Waals surface area contributed by atoms with Crippen LogP contribution >= 0.6 is 11.6 Å². The van der Waals surface area contributed by atoms with Crippen molar-refractivity contribution in [2.45, 2.75) is 65.9 Å². The molecule has 5 heteroatoms. The van der Waals surface area contributed by atoms with Gasteiger partial charge in [-0.15, -0.1) is 0 Å². The second-order valence-electron chi connectivity index (χ2n) is 9.76. The molecule has 4 nitrogen and oxygen atoms in total. The molecule has 0 bridgehead atoms. The summed E-state index contributed by atoms with van der Waals surface area (Å²) in [5.41, 5.74) is 0.702. The van der Waals surface area contributed by atoms with Gasteiger partial charge >= 0.3 is 5.97 Å². The molecule has 0 aliphatic heterocycles. The largest absolute Gasteiger partial charge is 0.462 e. The Morgan fingerprint density at radius 2 is 1.89 bits per heavy atom. The van der Waals surface area contributed by atoms with E-state index in [0.717, 1.165) is 24.8 Å². The van der Waals surface area contributed by atoms with Gasteiger partial charge in [0.05, 0.1) is 5.92 Å². The molecule has 2 fully saturated rings. The first kappa shape index (κ1) is 19.9. The Hall–Kier alpha value is -1.42. The lowest BCUT2D eigenvalue weighted by atomic mass is 9.48. The quantitative estimate of drug-likeness (QED) is 0.630. The number of rotatable bonds is 2. The van der Waals surface area contributed by atoms with Crippen molar-refractivity contribution < 1.29 is 19.1 Å². The molecule has 0 N–H and O–H groups in total. The Morgan fingerprint density at radius 1 is 1.18 bits per heavy atom. The monoisotopic (exact) mass is 404 g/mol. The summed E-state index contributed by atoms with van der Waals surface area (Å²) < 4.78 is 5.63. The lowest BCUT2D eigenvalue weighted by Gasteiger charge is -2.56. The minimum atomic E-state index is -0.353. The number of carbonyl (C=O) groups excluding carboxylic acids is 3. The highest BCUT2D eigenvalue weighted by atomic mass is 35.5. The summed E-state index contributed by atoms with van der Waals surface area (Å²) in [6, 6.07) is 0. The van der Waals surface area contributed by atoms with E-state index in [4.69, 9.17) is 16.3 Å². The molecule has 7 atom stereocenters. The van der Waals surface area contributed by atoms with Crippen molar-refractivity contribution in [2.75, 3.05) is 0 Å². The number of allylic oxidation sites excluding steroid dienone is 4. The molecule has 28 heavy (non-hydrogen) atoms. The molecular weight excluding hydrogens is 376 g/mol. The van der Waals surface area contributed by atoms with Gasteiger partial charge in [-0.25, -0.2) is 0 Å². The van der Waals surface area contributed by atoms with Crippen LogP contribution in [-0.4, -0.2) is 23.6 Å². The van der Waals surface area contributed by atoms with Crippen molar-refractivity contribution in [2.24, 2.45) is 34.5 Å². The summed E-state index contributed by atoms with van der Waals surface area (Å²) in [6.45, 7) is 7.49. The predicted octanol–water partition coefficient (Wildman–Crippen LogP) is 4.61. The van der Waals surface area contributed by atoms with Crippen LogP contribution in [-0.2, 0) is 19.1 Å². The summed E-state index contributed by atoms with van der Waals surface area (Å²) in [5, 5.41) is 0.691. The van der Waals surface area contributed by atoms with Gasteiger partial charge in [0.1, 0.15) is 11.9 Å². The first-order chi connectivity index (χ1) is 13.1. The van der Waals surface area contributed by atoms with Gasteiger partial charge in [-0.05, 0) is 72.8 Å². The summed E-state index contributed by atoms with van der Waals surface area (Å²) in [6.07, 6.45) is 7.57. The highest BCUT2D eigenvalue weighted by molar-refractivity contribution is 6.32. The number of hydrogen-bond donors (Lipinski definition) is 0. The number of carbonyl (C=O) groups is 3. The normalized spacial score (nSPS) is 44.6. The Labute approximate surface area is 171 Å². The van der Waals surface area contributed by atoms with Crippen LogP contribution in [0.1, 0.15) is 59.8 Å². The number of Topliss-reactive ketones (excluding diaryl/α,β-unsaturated/α-hetero) is 1. The molecule has 0 heterocycles. The van der Waals surface area contributed by atoms with Crippen LogP contribution in [0.5, 0.6) is 0 Å². The first-order valence-corrected chi connectivity index (χ1v) is 10.8. The zero-order valence-corrected chi connectivity index (χ0v) is 17.8. The third-order valence-electron chi connectivity index (χ3n) is 8.32. The zero-order valence-electron chi connectivity index (χ0n) is 17.1. The number of hydrogen-bond acceptors (Lipinski definition) is 4. The Kier molecular flexibility index (Phi) is 4.65. The molecule has 0 saturated heterocycles. The number of ketones is 2. The molecule has 152 valence electrons. The number of halogens is 1. The lowest BCUT2D eigenvalue weighted by Crippen LogP contribution is -2.50. The van der Waals surface area contributed by atoms with E-state index < -0.39 is 0 Å². The molecular formula is C23H29ClO4. The van der Waals surface area contributed by atoms with Crippen LogP contribution in [0.2, 0.25) is 0 Å². The van der Waals surface area contributed by atoms with Gasteiger partial charge < -0.3 is 4.74 Å². The second-order valence-corrected chi connectivity index (χ2v) is 10.2. The molecule has 0 amide bonds. The average molecular weight is 405 g/mol. The summed E-state index contributed by atoms with van der Waals surface area (Å²) in [4.78, 5) is 36.3. The smallest absolute Gasteiger partial charge is 0.302 e. The molecule has 0 aromatic carbocycles. The topological polar surface area (TPSA) is 60.4 Å². The SMILES string of the molecule is CC(=O)O[C@@H]1C[C@H]2[C@@H]3C=C(Cl)C4=CC(=O)CC[C@]4(C)[C@H]3CC[C@]2(C)C1C(C)=O. The van der Waals surface area contributed by atoms with Crippen LogP contribution in [0.4, 0.5) is 0 Å². The van der Waals surface area contributed by atoms with E-state index in [0.29, 0.717) is 23.8 Å². The molecule has 4 rings (SSSR count). The van der Waals surface area contributed by atoms with Crippen molar-refractivity contribution >= 4 is 29.1 Å². The molecule has 4 aliphatic carbocycles. The van der Waals surface area contributed by atoms with Crippen molar-refractivity contribution in [3.05, 3.63) is 22.8 Å². The average Bonchev–Trinajstić information content (AvgIpc) is 2.88. The predicted molar refractivity (Wildman–Crippen MR) is 107 cm³/mol. The van der Waals surface area contributed by atoms with Crippen molar-refractivity contribution in [3.8, 4) is 0 Å². The fourth-order valence-electron chi connectivity index (χ4n) is 7.12. The molecule has 2 saturated carbocycles. The van der Waals surface area contributed by atoms with Crippen LogP contribution in [0.3, 0.4) is 0 Å². The molecule has 0 aromatic heterocycles. The summed E-state index contributed by atoms with van der Waals surface area (Å²) >= 11 is 6.71. The van der Waals surface area contributed by atoms with E-state index in [-0.39, 0.29) is 52.2 Å². The van der Waals surface area contributed by atoms with E-state index in [1.54, 1.807) is 13.0 Å². The Balaban J connectivity index is 1.77. The van der Waals surface area contributed by atoms with E-state index in [9.17, 15) is 14.4 Å². The summed E-state index contributed by atoms with van der Waals surface area (Å²) in [7, 11) is 0. The molecule has 1 unspecified atom stereocenters. The minimum absolute atomic E-state index is 0.100. The molecule has 0 spiro atoms. The van der Waals surface area contributed by atoms with E-state index >= 15 is 0 Å². The second kappa shape index (κ2) is 6.55. The number of esters is 1. The van der Waals surface area contributed by atoms with Gasteiger partial charge in [0.2, 0.25) is 0 Å². The minimum Gasteiger partial charge on any atom is -0.462 e. The van der Waals surface area contributed by atoms with Crippen molar-refractivity contribution in [1.82, 2.24) is 0 Å². The van der Waals surface area contributed by atoms with Crippen LogP contribution in [0, 0.1) is 34.5 Å². The van der Waals surface area contributed by atoms with Crippen LogP contribution in [0.25, 0.3) is 0 Å². The van der Waals surface area contributed by atoms with Crippen LogP contribution < -0.4 is 0 Å². The van der Waals surface area contributed by atoms with Gasteiger partial charge in [0.15, 0.2) is 5.78 Å². The highest BCUT2D eigenvalue weighted by Crippen LogP contribution is 2.66. The van der Waals surface area contributed by atoms with Gasteiger partial charge in [0.25, 0.3) is 0 Å². The van der Waals surface area contributed by atoms with Gasteiger partial charge in [-0.3, -0.25) is 14.4 Å². The van der Waals surface area contributed by atoms with E-state index in [1.807, 2.05) is 0 Å². The van der Waals surface area contributed by atoms with Crippen LogP contribution in [0.15, 0.2) is 22.8 Å². The highest BCUT2D eigenvalue weighted by Gasteiger charge is 2.63. The lowest BCUT2D eigenvalue weighted by molar-refractivity contribution is -0.151. The fourth-order valence-corrected chi connectivity index (χ4v) is 7.54. The molecule has 0 aromatic rings. The maximum Gasteiger partial charge on any atom is 0.302 e. The maximum atomic E-state index is 12.6. The van der Waals surface area contributed by atoms with E-state index in [1.165, 1.54) is 6.92 Å². The van der Waals surface area contributed by atoms with Gasteiger partial charge in [0, 0.05) is 18.4 Å². The fraction of sp³-hybridized carbons (Fsp3) is 0.696. The van der Waals surface area contributed by atoms with Gasteiger partial charge in [-0.1, -0.05) is 31.5 Å². The van der Waals surface area contributed by atoms with Gasteiger partial charge in [-0.2, -0.15) is 0 Å². The summed E-state index contributed by atoms with van der Waals surface area (Å²) in [5.74, 6) is 0.568.